The lowest BCUT2D eigenvalue weighted by Crippen LogP contribution is -2.04. The van der Waals surface area contributed by atoms with Crippen LogP contribution in [0.5, 0.6) is 0 Å². The molecule has 0 aliphatic carbocycles. The van der Waals surface area contributed by atoms with Crippen LogP contribution in [0.1, 0.15) is 5.56 Å². The summed E-state index contributed by atoms with van der Waals surface area (Å²) in [5, 5.41) is 9.51. The molecule has 4 aromatic rings. The minimum absolute atomic E-state index is 0.437. The Morgan fingerprint density at radius 3 is 2.83 bits per heavy atom. The third-order valence-corrected chi connectivity index (χ3v) is 3.83. The molecule has 0 saturated heterocycles. The van der Waals surface area contributed by atoms with Gasteiger partial charge in [0, 0.05) is 25.0 Å². The van der Waals surface area contributed by atoms with E-state index < -0.39 is 0 Å². The van der Waals surface area contributed by atoms with Crippen molar-refractivity contribution in [2.45, 2.75) is 6.54 Å². The van der Waals surface area contributed by atoms with Crippen molar-refractivity contribution in [2.24, 2.45) is 7.05 Å². The van der Waals surface area contributed by atoms with Crippen molar-refractivity contribution < 1.29 is 0 Å². The van der Waals surface area contributed by atoms with Crippen LogP contribution in [-0.4, -0.2) is 29.5 Å². The van der Waals surface area contributed by atoms with Crippen LogP contribution in [0.3, 0.4) is 0 Å². The molecule has 0 bridgehead atoms. The van der Waals surface area contributed by atoms with Gasteiger partial charge in [0.1, 0.15) is 12.1 Å². The summed E-state index contributed by atoms with van der Waals surface area (Å²) in [5.41, 5.74) is 9.77. The van der Waals surface area contributed by atoms with Gasteiger partial charge in [0.15, 0.2) is 5.65 Å². The number of hydrogen-bond acceptors (Lipinski definition) is 5. The Morgan fingerprint density at radius 2 is 2.00 bits per heavy atom. The average Bonchev–Trinajstić information content (AvgIpc) is 3.16. The second-order valence-corrected chi connectivity index (χ2v) is 5.29. The fourth-order valence-corrected chi connectivity index (χ4v) is 2.81. The zero-order valence-electron chi connectivity index (χ0n) is 12.6. The molecule has 0 spiro atoms. The van der Waals surface area contributed by atoms with Gasteiger partial charge in [-0.3, -0.25) is 9.36 Å². The van der Waals surface area contributed by atoms with Gasteiger partial charge in [-0.05, 0) is 11.6 Å². The van der Waals surface area contributed by atoms with Gasteiger partial charge in [0.2, 0.25) is 0 Å². The molecule has 0 radical (unpaired) electrons. The Morgan fingerprint density at radius 1 is 1.13 bits per heavy atom. The number of aromatic nitrogens is 6. The summed E-state index contributed by atoms with van der Waals surface area (Å²) in [6, 6.07) is 10.1. The Kier molecular flexibility index (Phi) is 3.04. The Balaban J connectivity index is 1.94. The van der Waals surface area contributed by atoms with E-state index in [-0.39, 0.29) is 0 Å². The quantitative estimate of drug-likeness (QED) is 0.624. The van der Waals surface area contributed by atoms with Gasteiger partial charge < -0.3 is 5.73 Å². The molecule has 3 aromatic heterocycles. The second kappa shape index (κ2) is 5.20. The Labute approximate surface area is 132 Å². The van der Waals surface area contributed by atoms with Crippen LogP contribution in [0.2, 0.25) is 0 Å². The number of hydrogen-bond donors (Lipinski definition) is 1. The van der Waals surface area contributed by atoms with Gasteiger partial charge >= 0.3 is 0 Å². The molecular weight excluding hydrogens is 290 g/mol. The first-order valence-corrected chi connectivity index (χ1v) is 7.23. The van der Waals surface area contributed by atoms with Gasteiger partial charge in [0.25, 0.3) is 0 Å². The number of fused-ring (bicyclic) bond motifs is 1. The molecule has 3 heterocycles. The van der Waals surface area contributed by atoms with E-state index in [1.807, 2.05) is 36.1 Å². The lowest BCUT2D eigenvalue weighted by Gasteiger charge is -2.11. The Bertz CT molecular complexity index is 969. The van der Waals surface area contributed by atoms with Crippen LogP contribution in [0.15, 0.2) is 49.1 Å². The minimum atomic E-state index is 0.437. The number of benzene rings is 1. The van der Waals surface area contributed by atoms with Crippen molar-refractivity contribution in [1.82, 2.24) is 29.5 Å². The molecule has 2 N–H and O–H groups in total. The van der Waals surface area contributed by atoms with E-state index in [9.17, 15) is 0 Å². The summed E-state index contributed by atoms with van der Waals surface area (Å²) >= 11 is 0. The van der Waals surface area contributed by atoms with Crippen LogP contribution in [0, 0.1) is 0 Å². The van der Waals surface area contributed by atoms with Gasteiger partial charge in [0.05, 0.1) is 17.6 Å². The van der Waals surface area contributed by atoms with Gasteiger partial charge in [-0.2, -0.15) is 10.2 Å². The molecule has 0 aliphatic heterocycles. The molecule has 7 heteroatoms. The van der Waals surface area contributed by atoms with Gasteiger partial charge in [-0.25, -0.2) is 9.97 Å². The number of nitrogens with two attached hydrogens (primary N) is 1. The van der Waals surface area contributed by atoms with Crippen molar-refractivity contribution in [2.75, 3.05) is 5.73 Å². The minimum Gasteiger partial charge on any atom is -0.383 e. The highest BCUT2D eigenvalue weighted by atomic mass is 15.3. The molecule has 7 nitrogen and oxygen atoms in total. The standard InChI is InChI=1S/C16H15N7/c1-22-14(13-15(17)18-10-19-16(13)21-22)12-6-3-2-5-11(12)9-23-8-4-7-20-23/h2-8,10H,9H2,1H3,(H2,17,18,19,21). The van der Waals surface area contributed by atoms with E-state index in [0.717, 1.165) is 22.2 Å². The second-order valence-electron chi connectivity index (χ2n) is 5.29. The normalized spacial score (nSPS) is 11.2. The SMILES string of the molecule is Cn1nc2ncnc(N)c2c1-c1ccccc1Cn1cccn1. The highest BCUT2D eigenvalue weighted by Crippen LogP contribution is 2.32. The molecule has 0 saturated carbocycles. The topological polar surface area (TPSA) is 87.4 Å². The van der Waals surface area contributed by atoms with E-state index in [4.69, 9.17) is 5.73 Å². The predicted octanol–water partition coefficient (Wildman–Crippen LogP) is 1.86. The fourth-order valence-electron chi connectivity index (χ4n) is 2.81. The van der Waals surface area contributed by atoms with Crippen LogP contribution < -0.4 is 5.73 Å². The zero-order valence-corrected chi connectivity index (χ0v) is 12.6. The van der Waals surface area contributed by atoms with Crippen LogP contribution >= 0.6 is 0 Å². The maximum atomic E-state index is 6.07. The van der Waals surface area contributed by atoms with E-state index in [1.54, 1.807) is 10.9 Å². The van der Waals surface area contributed by atoms with Crippen molar-refractivity contribution in [3.8, 4) is 11.3 Å². The first-order valence-electron chi connectivity index (χ1n) is 7.23. The first-order chi connectivity index (χ1) is 11.2. The zero-order chi connectivity index (χ0) is 15.8. The maximum Gasteiger partial charge on any atom is 0.187 e. The largest absolute Gasteiger partial charge is 0.383 e. The highest BCUT2D eigenvalue weighted by molar-refractivity contribution is 5.98. The number of nitrogens with zero attached hydrogens (tertiary/aromatic N) is 6. The molecule has 23 heavy (non-hydrogen) atoms. The molecule has 0 atom stereocenters. The third kappa shape index (κ3) is 2.22. The summed E-state index contributed by atoms with van der Waals surface area (Å²) in [5.74, 6) is 0.437. The Hall–Kier alpha value is -3.22. The molecule has 1 aromatic carbocycles. The van der Waals surface area contributed by atoms with E-state index in [1.165, 1.54) is 6.33 Å². The fraction of sp³-hybridized carbons (Fsp3) is 0.125. The van der Waals surface area contributed by atoms with Crippen LogP contribution in [0.25, 0.3) is 22.3 Å². The molecular formula is C16H15N7. The summed E-state index contributed by atoms with van der Waals surface area (Å²) in [6.07, 6.45) is 5.15. The smallest absolute Gasteiger partial charge is 0.187 e. The van der Waals surface area contributed by atoms with Crippen LogP contribution in [-0.2, 0) is 13.6 Å². The van der Waals surface area contributed by atoms with Crippen molar-refractivity contribution in [1.29, 1.82) is 0 Å². The molecule has 4 rings (SSSR count). The molecule has 0 fully saturated rings. The van der Waals surface area contributed by atoms with E-state index in [2.05, 4.69) is 32.3 Å². The number of aryl methyl sites for hydroxylation is 1. The monoisotopic (exact) mass is 305 g/mol. The van der Waals surface area contributed by atoms with Crippen LogP contribution in [0.4, 0.5) is 5.82 Å². The molecule has 114 valence electrons. The van der Waals surface area contributed by atoms with Crippen molar-refractivity contribution >= 4 is 16.9 Å². The summed E-state index contributed by atoms with van der Waals surface area (Å²) in [6.45, 7) is 0.670. The highest BCUT2D eigenvalue weighted by Gasteiger charge is 2.17. The third-order valence-electron chi connectivity index (χ3n) is 3.83. The summed E-state index contributed by atoms with van der Waals surface area (Å²) in [4.78, 5) is 8.32. The average molecular weight is 305 g/mol. The van der Waals surface area contributed by atoms with Gasteiger partial charge in [-0.1, -0.05) is 24.3 Å². The lowest BCUT2D eigenvalue weighted by molar-refractivity contribution is 0.686. The predicted molar refractivity (Wildman–Crippen MR) is 87.5 cm³/mol. The number of nitrogen functional groups attached to an aromatic ring is 1. The van der Waals surface area contributed by atoms with E-state index >= 15 is 0 Å². The summed E-state index contributed by atoms with van der Waals surface area (Å²) < 4.78 is 3.69. The molecule has 0 aliphatic rings. The summed E-state index contributed by atoms with van der Waals surface area (Å²) in [7, 11) is 1.89. The number of anilines is 1. The van der Waals surface area contributed by atoms with Crippen molar-refractivity contribution in [3.63, 3.8) is 0 Å². The molecule has 0 unspecified atom stereocenters. The lowest BCUT2D eigenvalue weighted by atomic mass is 10.0. The first kappa shape index (κ1) is 13.4. The number of rotatable bonds is 3. The maximum absolute atomic E-state index is 6.07. The van der Waals surface area contributed by atoms with E-state index in [0.29, 0.717) is 18.0 Å². The van der Waals surface area contributed by atoms with Gasteiger partial charge in [-0.15, -0.1) is 0 Å². The molecule has 0 amide bonds. The van der Waals surface area contributed by atoms with Crippen molar-refractivity contribution in [3.05, 3.63) is 54.6 Å².